The molecule has 0 spiro atoms. The normalized spacial score (nSPS) is 39.8. The minimum Gasteiger partial charge on any atom is -0.304 e. The van der Waals surface area contributed by atoms with E-state index in [1.807, 2.05) is 0 Å². The molecule has 3 heteroatoms. The van der Waals surface area contributed by atoms with Gasteiger partial charge in [0.2, 0.25) is 0 Å². The van der Waals surface area contributed by atoms with Gasteiger partial charge in [0.05, 0.1) is 0 Å². The average molecular weight is 265 g/mol. The van der Waals surface area contributed by atoms with Gasteiger partial charge in [-0.3, -0.25) is 9.80 Å². The molecule has 0 N–H and O–H groups in total. The van der Waals surface area contributed by atoms with Crippen molar-refractivity contribution >= 4 is 0 Å². The Kier molecular flexibility index (Phi) is 4.45. The van der Waals surface area contributed by atoms with Crippen molar-refractivity contribution < 1.29 is 0 Å². The highest BCUT2D eigenvalue weighted by Gasteiger charge is 2.32. The maximum atomic E-state index is 2.85. The summed E-state index contributed by atoms with van der Waals surface area (Å²) in [4.78, 5) is 8.16. The van der Waals surface area contributed by atoms with Gasteiger partial charge in [-0.25, -0.2) is 0 Å². The molecule has 0 aromatic rings. The van der Waals surface area contributed by atoms with E-state index >= 15 is 0 Å². The van der Waals surface area contributed by atoms with Gasteiger partial charge >= 0.3 is 0 Å². The second-order valence-corrected chi connectivity index (χ2v) is 7.04. The van der Waals surface area contributed by atoms with Gasteiger partial charge in [0, 0.05) is 24.7 Å². The van der Waals surface area contributed by atoms with Crippen molar-refractivity contribution in [1.29, 1.82) is 0 Å². The van der Waals surface area contributed by atoms with Gasteiger partial charge in [-0.2, -0.15) is 0 Å². The zero-order valence-electron chi connectivity index (χ0n) is 12.9. The summed E-state index contributed by atoms with van der Waals surface area (Å²) in [6.07, 6.45) is 8.48. The van der Waals surface area contributed by atoms with Crippen LogP contribution in [0.15, 0.2) is 0 Å². The molecule has 3 heterocycles. The number of hydrogen-bond acceptors (Lipinski definition) is 3. The second-order valence-electron chi connectivity index (χ2n) is 7.04. The maximum Gasteiger partial charge on any atom is 0.0223 e. The fraction of sp³-hybridized carbons (Fsp3) is 1.00. The van der Waals surface area contributed by atoms with Crippen molar-refractivity contribution in [3.63, 3.8) is 0 Å². The third-order valence-corrected chi connectivity index (χ3v) is 5.78. The topological polar surface area (TPSA) is 9.72 Å². The van der Waals surface area contributed by atoms with Gasteiger partial charge in [-0.1, -0.05) is 6.42 Å². The minimum absolute atomic E-state index is 0.768. The van der Waals surface area contributed by atoms with Crippen LogP contribution in [-0.4, -0.2) is 72.6 Å². The van der Waals surface area contributed by atoms with Gasteiger partial charge in [0.25, 0.3) is 0 Å². The third kappa shape index (κ3) is 3.14. The van der Waals surface area contributed by atoms with Crippen molar-refractivity contribution in [2.24, 2.45) is 0 Å². The minimum atomic E-state index is 0.768. The van der Waals surface area contributed by atoms with E-state index in [0.717, 1.165) is 18.1 Å². The summed E-state index contributed by atoms with van der Waals surface area (Å²) in [5.74, 6) is 0. The lowest BCUT2D eigenvalue weighted by Crippen LogP contribution is -2.51. The summed E-state index contributed by atoms with van der Waals surface area (Å²) < 4.78 is 0. The van der Waals surface area contributed by atoms with Crippen LogP contribution in [0.1, 0.15) is 45.4 Å². The van der Waals surface area contributed by atoms with Crippen LogP contribution in [0.3, 0.4) is 0 Å². The number of fused-ring (bicyclic) bond motifs is 1. The zero-order valence-corrected chi connectivity index (χ0v) is 12.9. The monoisotopic (exact) mass is 265 g/mol. The molecule has 0 aromatic heterocycles. The maximum absolute atomic E-state index is 2.85. The van der Waals surface area contributed by atoms with Crippen LogP contribution in [0.2, 0.25) is 0 Å². The standard InChI is InChI=1S/C16H31N3/c1-14-12-15(7-11-17(14)2)19-10-5-9-18-8-4-3-6-16(18)13-19/h14-16H,3-13H2,1-2H3. The van der Waals surface area contributed by atoms with Crippen LogP contribution in [0.4, 0.5) is 0 Å². The first-order valence-corrected chi connectivity index (χ1v) is 8.42. The fourth-order valence-electron chi connectivity index (χ4n) is 4.33. The molecule has 0 saturated carbocycles. The van der Waals surface area contributed by atoms with Crippen molar-refractivity contribution in [3.8, 4) is 0 Å². The summed E-state index contributed by atoms with van der Waals surface area (Å²) in [6, 6.07) is 2.49. The molecule has 3 unspecified atom stereocenters. The summed E-state index contributed by atoms with van der Waals surface area (Å²) in [5.41, 5.74) is 0. The molecular weight excluding hydrogens is 234 g/mol. The van der Waals surface area contributed by atoms with Crippen molar-refractivity contribution in [2.45, 2.75) is 63.6 Å². The number of likely N-dealkylation sites (tertiary alicyclic amines) is 1. The number of rotatable bonds is 1. The molecule has 3 atom stereocenters. The van der Waals surface area contributed by atoms with Crippen molar-refractivity contribution in [1.82, 2.24) is 14.7 Å². The summed E-state index contributed by atoms with van der Waals surface area (Å²) in [5, 5.41) is 0. The lowest BCUT2D eigenvalue weighted by atomic mass is 9.96. The molecule has 3 fully saturated rings. The Hall–Kier alpha value is -0.120. The number of nitrogens with zero attached hydrogens (tertiary/aromatic N) is 3. The highest BCUT2D eigenvalue weighted by molar-refractivity contribution is 4.89. The van der Waals surface area contributed by atoms with Gasteiger partial charge in [-0.15, -0.1) is 0 Å². The Labute approximate surface area is 118 Å². The Balaban J connectivity index is 1.61. The van der Waals surface area contributed by atoms with E-state index in [1.165, 1.54) is 71.2 Å². The molecule has 110 valence electrons. The van der Waals surface area contributed by atoms with E-state index in [-0.39, 0.29) is 0 Å². The van der Waals surface area contributed by atoms with Gasteiger partial charge in [0.15, 0.2) is 0 Å². The van der Waals surface area contributed by atoms with E-state index in [4.69, 9.17) is 0 Å². The van der Waals surface area contributed by atoms with E-state index in [0.29, 0.717) is 0 Å². The van der Waals surface area contributed by atoms with Crippen LogP contribution in [0.5, 0.6) is 0 Å². The van der Waals surface area contributed by atoms with Crippen LogP contribution in [-0.2, 0) is 0 Å². The molecule has 0 radical (unpaired) electrons. The largest absolute Gasteiger partial charge is 0.304 e. The molecule has 3 aliphatic rings. The zero-order chi connectivity index (χ0) is 13.2. The first-order chi connectivity index (χ1) is 9.24. The fourth-order valence-corrected chi connectivity index (χ4v) is 4.33. The molecule has 3 saturated heterocycles. The van der Waals surface area contributed by atoms with Crippen LogP contribution in [0, 0.1) is 0 Å². The predicted molar refractivity (Wildman–Crippen MR) is 80.5 cm³/mol. The van der Waals surface area contributed by atoms with Crippen molar-refractivity contribution in [2.75, 3.05) is 39.8 Å². The first-order valence-electron chi connectivity index (χ1n) is 8.42. The molecule has 3 nitrogen and oxygen atoms in total. The molecule has 0 bridgehead atoms. The highest BCUT2D eigenvalue weighted by Crippen LogP contribution is 2.26. The molecule has 0 amide bonds. The average Bonchev–Trinajstić information content (AvgIpc) is 2.64. The van der Waals surface area contributed by atoms with E-state index in [9.17, 15) is 0 Å². The Morgan fingerprint density at radius 1 is 0.789 bits per heavy atom. The molecule has 0 aromatic carbocycles. The lowest BCUT2D eigenvalue weighted by molar-refractivity contribution is 0.0704. The Morgan fingerprint density at radius 2 is 1.58 bits per heavy atom. The van der Waals surface area contributed by atoms with Crippen LogP contribution < -0.4 is 0 Å². The summed E-state index contributed by atoms with van der Waals surface area (Å²) in [6.45, 7) is 9.09. The van der Waals surface area contributed by atoms with E-state index < -0.39 is 0 Å². The molecule has 19 heavy (non-hydrogen) atoms. The van der Waals surface area contributed by atoms with Gasteiger partial charge < -0.3 is 4.90 Å². The van der Waals surface area contributed by atoms with Crippen LogP contribution in [0.25, 0.3) is 0 Å². The van der Waals surface area contributed by atoms with E-state index in [2.05, 4.69) is 28.7 Å². The van der Waals surface area contributed by atoms with Gasteiger partial charge in [0.1, 0.15) is 0 Å². The summed E-state index contributed by atoms with van der Waals surface area (Å²) >= 11 is 0. The van der Waals surface area contributed by atoms with Crippen LogP contribution >= 0.6 is 0 Å². The quantitative estimate of drug-likeness (QED) is 0.718. The Bertz CT molecular complexity index is 294. The van der Waals surface area contributed by atoms with Crippen molar-refractivity contribution in [3.05, 3.63) is 0 Å². The third-order valence-electron chi connectivity index (χ3n) is 5.78. The number of piperidine rings is 2. The van der Waals surface area contributed by atoms with Gasteiger partial charge in [-0.05, 0) is 72.3 Å². The molecule has 3 aliphatic heterocycles. The smallest absolute Gasteiger partial charge is 0.0223 e. The SMILES string of the molecule is CC1CC(N2CCCN3CCCCC3C2)CCN1C. The molecular formula is C16H31N3. The summed E-state index contributed by atoms with van der Waals surface area (Å²) in [7, 11) is 2.28. The van der Waals surface area contributed by atoms with E-state index in [1.54, 1.807) is 0 Å². The highest BCUT2D eigenvalue weighted by atomic mass is 15.3. The molecule has 3 rings (SSSR count). The molecule has 0 aliphatic carbocycles. The first kappa shape index (κ1) is 13.8. The second kappa shape index (κ2) is 6.11. The predicted octanol–water partition coefficient (Wildman–Crippen LogP) is 2.03. The lowest BCUT2D eigenvalue weighted by Gasteiger charge is -2.42. The number of hydrogen-bond donors (Lipinski definition) is 0. The Morgan fingerprint density at radius 3 is 2.42 bits per heavy atom.